The number of anilines is 1. The van der Waals surface area contributed by atoms with Crippen molar-refractivity contribution in [2.45, 2.75) is 44.8 Å². The Hall–Kier alpha value is -4.40. The number of fused-ring (bicyclic) bond motifs is 1. The summed E-state index contributed by atoms with van der Waals surface area (Å²) >= 11 is 0. The van der Waals surface area contributed by atoms with Crippen molar-refractivity contribution in [3.8, 4) is 11.1 Å². The molecule has 1 aliphatic heterocycles. The van der Waals surface area contributed by atoms with Crippen LogP contribution in [0.15, 0.2) is 67.0 Å². The van der Waals surface area contributed by atoms with Gasteiger partial charge in [0.05, 0.1) is 13.7 Å². The molecule has 1 saturated carbocycles. The molecule has 2 aliphatic rings. The molecule has 1 heterocycles. The van der Waals surface area contributed by atoms with Gasteiger partial charge in [0.1, 0.15) is 17.5 Å². The van der Waals surface area contributed by atoms with Gasteiger partial charge in [0, 0.05) is 11.3 Å². The fourth-order valence-corrected chi connectivity index (χ4v) is 4.54. The molecule has 0 aromatic heterocycles. The van der Waals surface area contributed by atoms with E-state index >= 15 is 0 Å². The van der Waals surface area contributed by atoms with Gasteiger partial charge in [0.15, 0.2) is 0 Å². The lowest BCUT2D eigenvalue weighted by molar-refractivity contribution is -0.137. The van der Waals surface area contributed by atoms with Crippen LogP contribution in [0.1, 0.15) is 48.0 Å². The second kappa shape index (κ2) is 11.1. The van der Waals surface area contributed by atoms with Crippen LogP contribution in [0.25, 0.3) is 11.1 Å². The Labute approximate surface area is 215 Å². The molecule has 37 heavy (non-hydrogen) atoms. The van der Waals surface area contributed by atoms with E-state index in [1.54, 1.807) is 24.3 Å². The third kappa shape index (κ3) is 5.72. The summed E-state index contributed by atoms with van der Waals surface area (Å²) in [6.45, 7) is 7.33. The molecule has 2 aromatic rings. The summed E-state index contributed by atoms with van der Waals surface area (Å²) in [6.07, 6.45) is 4.64. The number of methoxy groups -OCH3 is 1. The SMILES string of the molecule is C=C(NC(=O)C(=C)N1Cc2c(cccc2-c2ccc(NC(=O)OC3CCCCC3)cc2)C1=O)C(=O)OC. The van der Waals surface area contributed by atoms with E-state index in [9.17, 15) is 19.2 Å². The van der Waals surface area contributed by atoms with Crippen molar-refractivity contribution in [2.75, 3.05) is 12.4 Å². The number of amides is 3. The Morgan fingerprint density at radius 2 is 1.65 bits per heavy atom. The Kier molecular flexibility index (Phi) is 7.71. The van der Waals surface area contributed by atoms with E-state index in [2.05, 4.69) is 28.5 Å². The average Bonchev–Trinajstić information content (AvgIpc) is 3.25. The number of esters is 1. The van der Waals surface area contributed by atoms with Gasteiger partial charge in [-0.25, -0.2) is 9.59 Å². The highest BCUT2D eigenvalue weighted by Crippen LogP contribution is 2.34. The highest BCUT2D eigenvalue weighted by Gasteiger charge is 2.33. The van der Waals surface area contributed by atoms with Gasteiger partial charge in [0.2, 0.25) is 0 Å². The van der Waals surface area contributed by atoms with Gasteiger partial charge in [0.25, 0.3) is 11.8 Å². The third-order valence-corrected chi connectivity index (χ3v) is 6.52. The lowest BCUT2D eigenvalue weighted by atomic mass is 9.97. The molecule has 0 bridgehead atoms. The van der Waals surface area contributed by atoms with Crippen LogP contribution >= 0.6 is 0 Å². The number of ether oxygens (including phenoxy) is 2. The van der Waals surface area contributed by atoms with Gasteiger partial charge in [-0.3, -0.25) is 19.8 Å². The minimum atomic E-state index is -0.792. The highest BCUT2D eigenvalue weighted by atomic mass is 16.6. The Bertz CT molecular complexity index is 1260. The summed E-state index contributed by atoms with van der Waals surface area (Å²) in [6, 6.07) is 12.6. The smallest absolute Gasteiger partial charge is 0.411 e. The van der Waals surface area contributed by atoms with Crippen LogP contribution in [0.4, 0.5) is 10.5 Å². The molecule has 0 radical (unpaired) electrons. The van der Waals surface area contributed by atoms with Gasteiger partial charge in [-0.15, -0.1) is 0 Å². The van der Waals surface area contributed by atoms with Gasteiger partial charge >= 0.3 is 12.1 Å². The number of carbonyl (C=O) groups excluding carboxylic acids is 4. The first-order valence-corrected chi connectivity index (χ1v) is 12.1. The Morgan fingerprint density at radius 3 is 2.32 bits per heavy atom. The van der Waals surface area contributed by atoms with Crippen LogP contribution in [0.3, 0.4) is 0 Å². The van der Waals surface area contributed by atoms with Crippen LogP contribution in [-0.4, -0.2) is 42.0 Å². The Morgan fingerprint density at radius 1 is 0.973 bits per heavy atom. The normalized spacial score (nSPS) is 14.9. The molecule has 9 nitrogen and oxygen atoms in total. The predicted molar refractivity (Wildman–Crippen MR) is 137 cm³/mol. The van der Waals surface area contributed by atoms with Gasteiger partial charge in [-0.05, 0) is 60.6 Å². The van der Waals surface area contributed by atoms with Crippen molar-refractivity contribution in [3.63, 3.8) is 0 Å². The summed E-state index contributed by atoms with van der Waals surface area (Å²) in [7, 11) is 1.17. The van der Waals surface area contributed by atoms with Crippen molar-refractivity contribution in [1.82, 2.24) is 10.2 Å². The molecular formula is C28H29N3O6. The van der Waals surface area contributed by atoms with Crippen molar-refractivity contribution in [3.05, 3.63) is 78.1 Å². The van der Waals surface area contributed by atoms with Crippen molar-refractivity contribution < 1.29 is 28.7 Å². The maximum absolute atomic E-state index is 13.1. The van der Waals surface area contributed by atoms with Crippen molar-refractivity contribution in [1.29, 1.82) is 0 Å². The van der Waals surface area contributed by atoms with Crippen LogP contribution < -0.4 is 10.6 Å². The molecule has 9 heteroatoms. The summed E-state index contributed by atoms with van der Waals surface area (Å²) in [5.41, 5.74) is 3.08. The minimum Gasteiger partial charge on any atom is -0.464 e. The molecule has 0 atom stereocenters. The molecule has 3 amide bonds. The van der Waals surface area contributed by atoms with E-state index in [0.717, 1.165) is 42.4 Å². The van der Waals surface area contributed by atoms with Crippen LogP contribution in [-0.2, 0) is 25.6 Å². The lowest BCUT2D eigenvalue weighted by Crippen LogP contribution is -2.36. The zero-order chi connectivity index (χ0) is 26.5. The van der Waals surface area contributed by atoms with E-state index in [0.29, 0.717) is 11.3 Å². The molecule has 0 spiro atoms. The number of rotatable bonds is 7. The number of nitrogens with zero attached hydrogens (tertiary/aromatic N) is 1. The third-order valence-electron chi connectivity index (χ3n) is 6.52. The minimum absolute atomic E-state index is 0.0317. The zero-order valence-electron chi connectivity index (χ0n) is 20.7. The summed E-state index contributed by atoms with van der Waals surface area (Å²) in [5.74, 6) is -1.89. The zero-order valence-corrected chi connectivity index (χ0v) is 20.7. The van der Waals surface area contributed by atoms with Crippen molar-refractivity contribution in [2.24, 2.45) is 0 Å². The van der Waals surface area contributed by atoms with Crippen LogP contribution in [0.2, 0.25) is 0 Å². The van der Waals surface area contributed by atoms with Gasteiger partial charge in [-0.2, -0.15) is 0 Å². The molecule has 1 aliphatic carbocycles. The second-order valence-electron chi connectivity index (χ2n) is 8.96. The largest absolute Gasteiger partial charge is 0.464 e. The molecule has 0 unspecified atom stereocenters. The highest BCUT2D eigenvalue weighted by molar-refractivity contribution is 6.07. The average molecular weight is 504 g/mol. The van der Waals surface area contributed by atoms with E-state index in [1.165, 1.54) is 18.4 Å². The summed E-state index contributed by atoms with van der Waals surface area (Å²) in [5, 5.41) is 5.07. The lowest BCUT2D eigenvalue weighted by Gasteiger charge is -2.21. The number of benzene rings is 2. The fourth-order valence-electron chi connectivity index (χ4n) is 4.54. The number of nitrogens with one attached hydrogen (secondary N) is 2. The first-order valence-electron chi connectivity index (χ1n) is 12.1. The molecular weight excluding hydrogens is 474 g/mol. The van der Waals surface area contributed by atoms with E-state index in [-0.39, 0.29) is 29.9 Å². The van der Waals surface area contributed by atoms with E-state index in [1.807, 2.05) is 18.2 Å². The predicted octanol–water partition coefficient (Wildman–Crippen LogP) is 4.51. The molecule has 0 saturated heterocycles. The first-order chi connectivity index (χ1) is 17.8. The van der Waals surface area contributed by atoms with Gasteiger partial charge in [-0.1, -0.05) is 43.8 Å². The summed E-state index contributed by atoms with van der Waals surface area (Å²) < 4.78 is 10.0. The van der Waals surface area contributed by atoms with E-state index in [4.69, 9.17) is 4.74 Å². The first kappa shape index (κ1) is 25.7. The number of hydrogen-bond donors (Lipinski definition) is 2. The Balaban J connectivity index is 1.44. The molecule has 4 rings (SSSR count). The number of hydrogen-bond acceptors (Lipinski definition) is 6. The van der Waals surface area contributed by atoms with Crippen LogP contribution in [0, 0.1) is 0 Å². The quantitative estimate of drug-likeness (QED) is 0.425. The number of carbonyl (C=O) groups is 4. The molecule has 192 valence electrons. The molecule has 2 N–H and O–H groups in total. The second-order valence-corrected chi connectivity index (χ2v) is 8.96. The van der Waals surface area contributed by atoms with Crippen molar-refractivity contribution >= 4 is 29.6 Å². The maximum Gasteiger partial charge on any atom is 0.411 e. The topological polar surface area (TPSA) is 114 Å². The fraction of sp³-hybridized carbons (Fsp3) is 0.286. The van der Waals surface area contributed by atoms with E-state index < -0.39 is 18.0 Å². The van der Waals surface area contributed by atoms with Gasteiger partial charge < -0.3 is 14.8 Å². The maximum atomic E-state index is 13.1. The molecule has 1 fully saturated rings. The summed E-state index contributed by atoms with van der Waals surface area (Å²) in [4.78, 5) is 50.6. The monoisotopic (exact) mass is 503 g/mol. The van der Waals surface area contributed by atoms with Crippen LogP contribution in [0.5, 0.6) is 0 Å². The standard InChI is InChI=1S/C28H29N3O6/c1-17(27(34)36-3)29-25(32)18(2)31-16-24-22(10-7-11-23(24)26(31)33)19-12-14-20(15-13-19)30-28(35)37-21-8-5-4-6-9-21/h7,10-15,21H,1-2,4-6,8-9,16H2,3H3,(H,29,32)(H,30,35). The molecule has 2 aromatic carbocycles.